The highest BCUT2D eigenvalue weighted by molar-refractivity contribution is 7.99. The molecule has 0 unspecified atom stereocenters. The first-order valence-electron chi connectivity index (χ1n) is 7.24. The fourth-order valence-electron chi connectivity index (χ4n) is 2.69. The average Bonchev–Trinajstić information content (AvgIpc) is 2.52. The van der Waals surface area contributed by atoms with E-state index < -0.39 is 0 Å². The summed E-state index contributed by atoms with van der Waals surface area (Å²) < 4.78 is 0. The molecule has 4 rings (SSSR count). The molecule has 0 fully saturated rings. The Morgan fingerprint density at radius 2 is 1.78 bits per heavy atom. The Morgan fingerprint density at radius 1 is 0.957 bits per heavy atom. The Morgan fingerprint density at radius 3 is 2.65 bits per heavy atom. The van der Waals surface area contributed by atoms with E-state index in [1.54, 1.807) is 17.8 Å². The summed E-state index contributed by atoms with van der Waals surface area (Å²) in [7, 11) is 0. The highest BCUT2D eigenvalue weighted by atomic mass is 32.2. The van der Waals surface area contributed by atoms with Gasteiger partial charge in [0.25, 0.3) is 0 Å². The quantitative estimate of drug-likeness (QED) is 0.524. The van der Waals surface area contributed by atoms with E-state index in [2.05, 4.69) is 51.7 Å². The van der Waals surface area contributed by atoms with Gasteiger partial charge in [-0.25, -0.2) is 4.98 Å². The van der Waals surface area contributed by atoms with Gasteiger partial charge < -0.3 is 16.8 Å². The van der Waals surface area contributed by atoms with Crippen LogP contribution >= 0.6 is 11.8 Å². The lowest BCUT2D eigenvalue weighted by Crippen LogP contribution is -2.06. The Balaban J connectivity index is 1.72. The van der Waals surface area contributed by atoms with Crippen LogP contribution in [0, 0.1) is 0 Å². The van der Waals surface area contributed by atoms with E-state index >= 15 is 0 Å². The maximum atomic E-state index is 5.76. The van der Waals surface area contributed by atoms with Crippen LogP contribution in [0.25, 0.3) is 0 Å². The smallest absolute Gasteiger partial charge is 0.222 e. The number of hydrogen-bond donors (Lipinski definition) is 3. The molecule has 1 aliphatic rings. The average molecular weight is 321 g/mol. The number of nitrogens with zero attached hydrogens (tertiary/aromatic N) is 2. The molecule has 3 aromatic rings. The molecule has 0 radical (unpaired) electrons. The first-order chi connectivity index (χ1) is 11.2. The van der Waals surface area contributed by atoms with Crippen LogP contribution in [0.5, 0.6) is 0 Å². The molecular formula is C17H15N5S. The molecule has 0 saturated heterocycles. The second kappa shape index (κ2) is 5.48. The summed E-state index contributed by atoms with van der Waals surface area (Å²) in [6, 6.07) is 16.3. The van der Waals surface area contributed by atoms with E-state index in [1.807, 2.05) is 6.07 Å². The Hall–Kier alpha value is -2.73. The predicted molar refractivity (Wildman–Crippen MR) is 94.0 cm³/mol. The molecule has 0 bridgehead atoms. The maximum Gasteiger partial charge on any atom is 0.222 e. The van der Waals surface area contributed by atoms with Crippen molar-refractivity contribution in [3.8, 4) is 0 Å². The van der Waals surface area contributed by atoms with E-state index in [9.17, 15) is 0 Å². The third kappa shape index (κ3) is 2.68. The van der Waals surface area contributed by atoms with Crippen molar-refractivity contribution >= 4 is 34.9 Å². The molecule has 0 saturated carbocycles. The van der Waals surface area contributed by atoms with Gasteiger partial charge >= 0.3 is 0 Å². The topological polar surface area (TPSA) is 89.8 Å². The third-order valence-electron chi connectivity index (χ3n) is 3.67. The number of nitrogen functional groups attached to an aromatic ring is 2. The first kappa shape index (κ1) is 13.9. The molecule has 0 aliphatic carbocycles. The summed E-state index contributed by atoms with van der Waals surface area (Å²) in [5, 5.41) is 3.53. The Labute approximate surface area is 138 Å². The van der Waals surface area contributed by atoms with Gasteiger partial charge in [-0.1, -0.05) is 36.0 Å². The van der Waals surface area contributed by atoms with Crippen LogP contribution in [-0.2, 0) is 6.42 Å². The van der Waals surface area contributed by atoms with Crippen LogP contribution in [0.3, 0.4) is 0 Å². The Bertz CT molecular complexity index is 874. The summed E-state index contributed by atoms with van der Waals surface area (Å²) in [5.74, 6) is 0.599. The molecule has 0 atom stereocenters. The van der Waals surface area contributed by atoms with Gasteiger partial charge in [-0.3, -0.25) is 0 Å². The molecule has 1 aliphatic heterocycles. The van der Waals surface area contributed by atoms with Crippen molar-refractivity contribution in [3.05, 3.63) is 59.8 Å². The normalized spacial score (nSPS) is 12.2. The van der Waals surface area contributed by atoms with E-state index in [0.29, 0.717) is 12.2 Å². The largest absolute Gasteiger partial charge is 0.384 e. The van der Waals surface area contributed by atoms with Crippen LogP contribution in [0.4, 0.5) is 23.1 Å². The Kier molecular flexibility index (Phi) is 3.31. The molecule has 0 spiro atoms. The van der Waals surface area contributed by atoms with Crippen molar-refractivity contribution in [1.29, 1.82) is 0 Å². The van der Waals surface area contributed by atoms with Gasteiger partial charge in [-0.2, -0.15) is 4.98 Å². The van der Waals surface area contributed by atoms with Crippen molar-refractivity contribution in [1.82, 2.24) is 9.97 Å². The third-order valence-corrected chi connectivity index (χ3v) is 4.80. The molecule has 5 nitrogen and oxygen atoms in total. The summed E-state index contributed by atoms with van der Waals surface area (Å²) in [4.78, 5) is 10.6. The number of fused-ring (bicyclic) bond motifs is 2. The lowest BCUT2D eigenvalue weighted by molar-refractivity contribution is 1.04. The molecule has 2 aromatic carbocycles. The number of benzene rings is 2. The molecule has 6 heteroatoms. The van der Waals surface area contributed by atoms with Gasteiger partial charge in [0.1, 0.15) is 5.82 Å². The molecular weight excluding hydrogens is 306 g/mol. The summed E-state index contributed by atoms with van der Waals surface area (Å²) >= 11 is 1.77. The minimum absolute atomic E-state index is 0.206. The van der Waals surface area contributed by atoms with Gasteiger partial charge in [0.2, 0.25) is 5.95 Å². The standard InChI is InChI=1S/C17H15N5S/c18-15-9-11(20-17(19)22-15)8-10-4-3-7-14-16(10)21-12-5-1-2-6-13(12)23-14/h1-7,9,21H,8H2,(H4,18,19,20,22). The SMILES string of the molecule is Nc1cc(Cc2cccc3c2Nc2ccccc2S3)nc(N)n1. The van der Waals surface area contributed by atoms with E-state index in [1.165, 1.54) is 9.79 Å². The number of hydrogen-bond acceptors (Lipinski definition) is 6. The minimum Gasteiger partial charge on any atom is -0.384 e. The lowest BCUT2D eigenvalue weighted by Gasteiger charge is -2.23. The van der Waals surface area contributed by atoms with Crippen LogP contribution in [-0.4, -0.2) is 9.97 Å². The highest BCUT2D eigenvalue weighted by Crippen LogP contribution is 2.45. The van der Waals surface area contributed by atoms with Crippen molar-refractivity contribution in [3.63, 3.8) is 0 Å². The van der Waals surface area contributed by atoms with Gasteiger partial charge in [0.05, 0.1) is 17.1 Å². The zero-order chi connectivity index (χ0) is 15.8. The predicted octanol–water partition coefficient (Wildman–Crippen LogP) is 3.44. The van der Waals surface area contributed by atoms with Gasteiger partial charge in [0.15, 0.2) is 0 Å². The second-order valence-corrected chi connectivity index (χ2v) is 6.42. The van der Waals surface area contributed by atoms with Gasteiger partial charge in [0, 0.05) is 22.3 Å². The van der Waals surface area contributed by atoms with E-state index in [-0.39, 0.29) is 5.95 Å². The maximum absolute atomic E-state index is 5.76. The molecule has 23 heavy (non-hydrogen) atoms. The van der Waals surface area contributed by atoms with Gasteiger partial charge in [-0.05, 0) is 23.8 Å². The summed E-state index contributed by atoms with van der Waals surface area (Å²) in [6.07, 6.45) is 0.649. The lowest BCUT2D eigenvalue weighted by atomic mass is 10.1. The minimum atomic E-state index is 0.206. The molecule has 2 heterocycles. The highest BCUT2D eigenvalue weighted by Gasteiger charge is 2.18. The number of anilines is 4. The molecule has 0 amide bonds. The number of nitrogens with two attached hydrogens (primary N) is 2. The zero-order valence-corrected chi connectivity index (χ0v) is 13.1. The van der Waals surface area contributed by atoms with Crippen molar-refractivity contribution in [2.45, 2.75) is 16.2 Å². The summed E-state index contributed by atoms with van der Waals surface area (Å²) in [5.41, 5.74) is 15.7. The van der Waals surface area contributed by atoms with Crippen LogP contribution < -0.4 is 16.8 Å². The number of para-hydroxylation sites is 2. The first-order valence-corrected chi connectivity index (χ1v) is 8.05. The fraction of sp³-hybridized carbons (Fsp3) is 0.0588. The van der Waals surface area contributed by atoms with Gasteiger partial charge in [-0.15, -0.1) is 0 Å². The van der Waals surface area contributed by atoms with E-state index in [0.717, 1.165) is 22.6 Å². The van der Waals surface area contributed by atoms with Crippen LogP contribution in [0.2, 0.25) is 0 Å². The van der Waals surface area contributed by atoms with Crippen LogP contribution in [0.1, 0.15) is 11.3 Å². The van der Waals surface area contributed by atoms with Crippen LogP contribution in [0.15, 0.2) is 58.3 Å². The second-order valence-electron chi connectivity index (χ2n) is 5.33. The van der Waals surface area contributed by atoms with E-state index in [4.69, 9.17) is 11.5 Å². The number of aromatic nitrogens is 2. The summed E-state index contributed by atoms with van der Waals surface area (Å²) in [6.45, 7) is 0. The number of nitrogens with one attached hydrogen (secondary N) is 1. The zero-order valence-electron chi connectivity index (χ0n) is 12.3. The fourth-order valence-corrected chi connectivity index (χ4v) is 3.73. The molecule has 5 N–H and O–H groups in total. The molecule has 114 valence electrons. The number of rotatable bonds is 2. The monoisotopic (exact) mass is 321 g/mol. The molecule has 1 aromatic heterocycles. The van der Waals surface area contributed by atoms with Crippen molar-refractivity contribution in [2.24, 2.45) is 0 Å². The van der Waals surface area contributed by atoms with Crippen molar-refractivity contribution < 1.29 is 0 Å². The van der Waals surface area contributed by atoms with Crippen molar-refractivity contribution in [2.75, 3.05) is 16.8 Å².